The van der Waals surface area contributed by atoms with Crippen LogP contribution in [0, 0.1) is 0 Å². The molecule has 0 aromatic carbocycles. The molecule has 6 heteroatoms. The van der Waals surface area contributed by atoms with Gasteiger partial charge in [-0.2, -0.15) is 10.2 Å². The number of anilines is 1. The molecule has 0 radical (unpaired) electrons. The molecule has 0 spiro atoms. The van der Waals surface area contributed by atoms with Crippen LogP contribution in [0.25, 0.3) is 0 Å². The van der Waals surface area contributed by atoms with Crippen molar-refractivity contribution < 1.29 is 0 Å². The zero-order valence-electron chi connectivity index (χ0n) is 7.51. The van der Waals surface area contributed by atoms with Crippen LogP contribution in [0.4, 0.5) is 5.82 Å². The zero-order chi connectivity index (χ0) is 9.64. The van der Waals surface area contributed by atoms with Gasteiger partial charge in [0.25, 0.3) is 0 Å². The monoisotopic (exact) mass is 190 g/mol. The van der Waals surface area contributed by atoms with Crippen LogP contribution in [0.2, 0.25) is 0 Å². The van der Waals surface area contributed by atoms with Crippen molar-refractivity contribution in [1.82, 2.24) is 25.4 Å². The highest BCUT2D eigenvalue weighted by atomic mass is 15.2. The highest BCUT2D eigenvalue weighted by Crippen LogP contribution is 1.97. The normalized spacial score (nSPS) is 10.0. The van der Waals surface area contributed by atoms with Crippen LogP contribution in [0.3, 0.4) is 0 Å². The summed E-state index contributed by atoms with van der Waals surface area (Å²) < 4.78 is 0. The minimum Gasteiger partial charge on any atom is -0.368 e. The maximum absolute atomic E-state index is 4.00. The first-order chi connectivity index (χ1) is 6.95. The van der Waals surface area contributed by atoms with Gasteiger partial charge in [0.05, 0.1) is 0 Å². The molecule has 0 unspecified atom stereocenters. The first kappa shape index (κ1) is 8.61. The average molecular weight is 190 g/mol. The van der Waals surface area contributed by atoms with Gasteiger partial charge < -0.3 is 5.32 Å². The summed E-state index contributed by atoms with van der Waals surface area (Å²) in [6, 6.07) is 3.71. The molecule has 0 fully saturated rings. The molecule has 2 aromatic heterocycles. The number of hydrogen-bond acceptors (Lipinski definition) is 5. The Labute approximate surface area is 80.8 Å². The van der Waals surface area contributed by atoms with Crippen LogP contribution in [0.5, 0.6) is 0 Å². The molecule has 2 aromatic rings. The fraction of sp³-hybridized carbons (Fsp3) is 0.250. The predicted octanol–water partition coefficient (Wildman–Crippen LogP) is 0.249. The van der Waals surface area contributed by atoms with Gasteiger partial charge in [-0.25, -0.2) is 4.98 Å². The molecule has 0 aliphatic rings. The van der Waals surface area contributed by atoms with Gasteiger partial charge in [-0.15, -0.1) is 5.10 Å². The van der Waals surface area contributed by atoms with Gasteiger partial charge >= 0.3 is 0 Å². The van der Waals surface area contributed by atoms with Crippen LogP contribution in [0.1, 0.15) is 5.82 Å². The molecule has 2 rings (SSSR count). The lowest BCUT2D eigenvalue weighted by Gasteiger charge is -2.01. The second kappa shape index (κ2) is 4.31. The van der Waals surface area contributed by atoms with Crippen molar-refractivity contribution in [1.29, 1.82) is 0 Å². The van der Waals surface area contributed by atoms with Crippen molar-refractivity contribution in [3.63, 3.8) is 0 Å². The molecule has 0 bridgehead atoms. The second-order valence-corrected chi connectivity index (χ2v) is 2.72. The molecule has 0 saturated heterocycles. The summed E-state index contributed by atoms with van der Waals surface area (Å²) >= 11 is 0. The van der Waals surface area contributed by atoms with E-state index in [0.717, 1.165) is 24.6 Å². The summed E-state index contributed by atoms with van der Waals surface area (Å²) in [7, 11) is 0. The number of hydrogen-bond donors (Lipinski definition) is 2. The van der Waals surface area contributed by atoms with E-state index in [0.29, 0.717) is 0 Å². The van der Waals surface area contributed by atoms with E-state index in [1.165, 1.54) is 6.33 Å². The Morgan fingerprint density at radius 3 is 3.14 bits per heavy atom. The molecular weight excluding hydrogens is 180 g/mol. The van der Waals surface area contributed by atoms with Gasteiger partial charge in [-0.1, -0.05) is 0 Å². The summed E-state index contributed by atoms with van der Waals surface area (Å²) in [4.78, 5) is 4.00. The largest absolute Gasteiger partial charge is 0.368 e. The number of nitrogens with zero attached hydrogens (tertiary/aromatic N) is 4. The SMILES string of the molecule is c1cnnc(NCCc2ncn[nH]2)c1. The third-order valence-electron chi connectivity index (χ3n) is 1.71. The van der Waals surface area contributed by atoms with Crippen LogP contribution < -0.4 is 5.32 Å². The number of rotatable bonds is 4. The van der Waals surface area contributed by atoms with Gasteiger partial charge in [-0.3, -0.25) is 5.10 Å². The second-order valence-electron chi connectivity index (χ2n) is 2.72. The van der Waals surface area contributed by atoms with Crippen molar-refractivity contribution in [2.24, 2.45) is 0 Å². The first-order valence-electron chi connectivity index (χ1n) is 4.31. The predicted molar refractivity (Wildman–Crippen MR) is 50.6 cm³/mol. The van der Waals surface area contributed by atoms with Gasteiger partial charge in [0, 0.05) is 19.2 Å². The van der Waals surface area contributed by atoms with E-state index in [-0.39, 0.29) is 0 Å². The molecule has 0 aliphatic carbocycles. The molecule has 6 nitrogen and oxygen atoms in total. The molecule has 2 N–H and O–H groups in total. The standard InChI is InChI=1S/C8H10N6/c1-2-7(13-11-4-1)9-5-3-8-10-6-12-14-8/h1-2,4,6H,3,5H2,(H,9,13)(H,10,12,14). The summed E-state index contributed by atoms with van der Waals surface area (Å²) in [5.41, 5.74) is 0. The summed E-state index contributed by atoms with van der Waals surface area (Å²) in [6.07, 6.45) is 3.93. The molecule has 0 amide bonds. The minimum atomic E-state index is 0.758. The lowest BCUT2D eigenvalue weighted by Crippen LogP contribution is -2.07. The summed E-state index contributed by atoms with van der Waals surface area (Å²) in [5, 5.41) is 17.3. The van der Waals surface area contributed by atoms with E-state index in [4.69, 9.17) is 0 Å². The van der Waals surface area contributed by atoms with Crippen molar-refractivity contribution >= 4 is 5.82 Å². The fourth-order valence-electron chi connectivity index (χ4n) is 1.06. The average Bonchev–Trinajstić information content (AvgIpc) is 2.72. The lowest BCUT2D eigenvalue weighted by molar-refractivity contribution is 0.890. The maximum atomic E-state index is 4.00. The molecule has 0 saturated carbocycles. The Morgan fingerprint density at radius 2 is 2.43 bits per heavy atom. The van der Waals surface area contributed by atoms with Gasteiger partial charge in [-0.05, 0) is 12.1 Å². The smallest absolute Gasteiger partial charge is 0.148 e. The van der Waals surface area contributed by atoms with Gasteiger partial charge in [0.1, 0.15) is 18.0 Å². The fourth-order valence-corrected chi connectivity index (χ4v) is 1.06. The molecule has 14 heavy (non-hydrogen) atoms. The van der Waals surface area contributed by atoms with E-state index in [1.54, 1.807) is 6.20 Å². The molecule has 72 valence electrons. The van der Waals surface area contributed by atoms with E-state index < -0.39 is 0 Å². The maximum Gasteiger partial charge on any atom is 0.148 e. The quantitative estimate of drug-likeness (QED) is 0.722. The van der Waals surface area contributed by atoms with Crippen molar-refractivity contribution in [3.05, 3.63) is 30.5 Å². The Bertz CT molecular complexity index is 357. The zero-order valence-corrected chi connectivity index (χ0v) is 7.51. The molecule has 0 atom stereocenters. The summed E-state index contributed by atoms with van der Waals surface area (Å²) in [5.74, 6) is 1.63. The van der Waals surface area contributed by atoms with Crippen LogP contribution in [0.15, 0.2) is 24.7 Å². The minimum absolute atomic E-state index is 0.758. The van der Waals surface area contributed by atoms with E-state index in [2.05, 4.69) is 30.7 Å². The highest BCUT2D eigenvalue weighted by Gasteiger charge is 1.95. The van der Waals surface area contributed by atoms with Gasteiger partial charge in [0.15, 0.2) is 0 Å². The Hall–Kier alpha value is -1.98. The molecule has 0 aliphatic heterocycles. The van der Waals surface area contributed by atoms with Crippen molar-refractivity contribution in [2.75, 3.05) is 11.9 Å². The van der Waals surface area contributed by atoms with Crippen molar-refractivity contribution in [3.8, 4) is 0 Å². The number of aromatic amines is 1. The third-order valence-corrected chi connectivity index (χ3v) is 1.71. The summed E-state index contributed by atoms with van der Waals surface area (Å²) in [6.45, 7) is 0.758. The lowest BCUT2D eigenvalue weighted by atomic mass is 10.4. The Balaban J connectivity index is 1.79. The van der Waals surface area contributed by atoms with E-state index in [9.17, 15) is 0 Å². The number of H-pyrrole nitrogens is 1. The van der Waals surface area contributed by atoms with Gasteiger partial charge in [0.2, 0.25) is 0 Å². The number of nitrogens with one attached hydrogen (secondary N) is 2. The van der Waals surface area contributed by atoms with E-state index in [1.807, 2.05) is 12.1 Å². The third kappa shape index (κ3) is 2.25. The number of aromatic nitrogens is 5. The molecule has 2 heterocycles. The Morgan fingerprint density at radius 1 is 1.43 bits per heavy atom. The molecular formula is C8H10N6. The van der Waals surface area contributed by atoms with Crippen molar-refractivity contribution in [2.45, 2.75) is 6.42 Å². The topological polar surface area (TPSA) is 79.4 Å². The van der Waals surface area contributed by atoms with E-state index >= 15 is 0 Å². The van der Waals surface area contributed by atoms with Crippen LogP contribution in [-0.2, 0) is 6.42 Å². The van der Waals surface area contributed by atoms with Crippen LogP contribution >= 0.6 is 0 Å². The highest BCUT2D eigenvalue weighted by molar-refractivity contribution is 5.31. The van der Waals surface area contributed by atoms with Crippen LogP contribution in [-0.4, -0.2) is 31.9 Å². The Kier molecular flexibility index (Phi) is 2.65. The first-order valence-corrected chi connectivity index (χ1v) is 4.31.